The van der Waals surface area contributed by atoms with Crippen molar-refractivity contribution in [2.24, 2.45) is 0 Å². The lowest BCUT2D eigenvalue weighted by molar-refractivity contribution is 0.406. The molecule has 2 N–H and O–H groups in total. The number of rotatable bonds is 4. The number of aryl methyl sites for hydroxylation is 2. The van der Waals surface area contributed by atoms with Crippen molar-refractivity contribution in [3.05, 3.63) is 47.3 Å². The van der Waals surface area contributed by atoms with Crippen LogP contribution in [0.15, 0.2) is 30.3 Å². The van der Waals surface area contributed by atoms with Crippen LogP contribution in [0.2, 0.25) is 0 Å². The molecule has 2 aromatic rings. The Morgan fingerprint density at radius 3 is 2.39 bits per heavy atom. The van der Waals surface area contributed by atoms with Gasteiger partial charge in [-0.3, -0.25) is 4.68 Å². The van der Waals surface area contributed by atoms with Crippen molar-refractivity contribution in [1.29, 1.82) is 0 Å². The van der Waals surface area contributed by atoms with E-state index in [0.29, 0.717) is 12.3 Å². The molecule has 0 aliphatic rings. The predicted molar refractivity (Wildman–Crippen MR) is 71.6 cm³/mol. The van der Waals surface area contributed by atoms with E-state index in [1.165, 1.54) is 0 Å². The summed E-state index contributed by atoms with van der Waals surface area (Å²) in [5.74, 6) is 0.897. The van der Waals surface area contributed by atoms with Gasteiger partial charge in [-0.1, -0.05) is 0 Å². The first-order valence-corrected chi connectivity index (χ1v) is 5.86. The molecule has 1 aromatic heterocycles. The third-order valence-electron chi connectivity index (χ3n) is 2.99. The number of hydrogen-bond donors (Lipinski definition) is 2. The number of nitrogens with one attached hydrogen (secondary N) is 1. The number of ether oxygens (including phenoxy) is 1. The molecule has 0 unspecified atom stereocenters. The molecule has 0 aliphatic heterocycles. The van der Waals surface area contributed by atoms with Crippen LogP contribution in [-0.2, 0) is 6.54 Å². The highest BCUT2D eigenvalue weighted by molar-refractivity contribution is 5.40. The van der Waals surface area contributed by atoms with Crippen molar-refractivity contribution in [2.45, 2.75) is 20.4 Å². The van der Waals surface area contributed by atoms with Gasteiger partial charge in [-0.15, -0.1) is 0 Å². The van der Waals surface area contributed by atoms with Crippen LogP contribution in [-0.4, -0.2) is 16.9 Å². The normalized spacial score (nSPS) is 10.4. The van der Waals surface area contributed by atoms with E-state index in [2.05, 4.69) is 17.6 Å². The molecule has 0 bridgehead atoms. The Kier molecular flexibility index (Phi) is 3.46. The quantitative estimate of drug-likeness (QED) is 0.871. The molecule has 0 radical (unpaired) electrons. The Balaban J connectivity index is 2.11. The molecule has 1 aromatic carbocycles. The van der Waals surface area contributed by atoms with Crippen molar-refractivity contribution in [3.63, 3.8) is 0 Å². The third-order valence-corrected chi connectivity index (χ3v) is 2.99. The van der Waals surface area contributed by atoms with Gasteiger partial charge in [-0.2, -0.15) is 0 Å². The van der Waals surface area contributed by atoms with Gasteiger partial charge < -0.3 is 15.3 Å². The van der Waals surface area contributed by atoms with E-state index in [-0.39, 0.29) is 5.75 Å². The zero-order valence-electron chi connectivity index (χ0n) is 10.9. The number of phenolic OH excluding ortho intramolecular Hbond substituents is 1. The van der Waals surface area contributed by atoms with Crippen LogP contribution in [0.3, 0.4) is 0 Å². The highest BCUT2D eigenvalue weighted by atomic mass is 16.5. The number of aromatic nitrogens is 1. The van der Waals surface area contributed by atoms with Crippen LogP contribution >= 0.6 is 0 Å². The Morgan fingerprint density at radius 2 is 1.83 bits per heavy atom. The van der Waals surface area contributed by atoms with Crippen LogP contribution in [0.25, 0.3) is 0 Å². The van der Waals surface area contributed by atoms with E-state index in [1.807, 2.05) is 30.7 Å². The summed E-state index contributed by atoms with van der Waals surface area (Å²) in [6.45, 7) is 4.63. The zero-order valence-corrected chi connectivity index (χ0v) is 10.9. The van der Waals surface area contributed by atoms with Gasteiger partial charge in [0.2, 0.25) is 0 Å². The van der Waals surface area contributed by atoms with Gasteiger partial charge in [-0.05, 0) is 38.1 Å². The van der Waals surface area contributed by atoms with Crippen LogP contribution in [0.5, 0.6) is 11.5 Å². The molecule has 4 nitrogen and oxygen atoms in total. The lowest BCUT2D eigenvalue weighted by Gasteiger charge is -2.13. The van der Waals surface area contributed by atoms with Gasteiger partial charge in [0.05, 0.1) is 13.7 Å². The Hall–Kier alpha value is -2.10. The van der Waals surface area contributed by atoms with Gasteiger partial charge in [-0.25, -0.2) is 0 Å². The second-order valence-electron chi connectivity index (χ2n) is 4.28. The predicted octanol–water partition coefficient (Wildman–Crippen LogP) is 2.56. The third kappa shape index (κ3) is 2.42. The van der Waals surface area contributed by atoms with Crippen LogP contribution < -0.4 is 10.2 Å². The molecule has 1 heterocycles. The molecule has 2 rings (SSSR count). The van der Waals surface area contributed by atoms with Crippen LogP contribution in [0.4, 0.5) is 0 Å². The van der Waals surface area contributed by atoms with Crippen molar-refractivity contribution in [1.82, 2.24) is 4.68 Å². The van der Waals surface area contributed by atoms with Gasteiger partial charge >= 0.3 is 0 Å². The second kappa shape index (κ2) is 5.04. The van der Waals surface area contributed by atoms with E-state index in [0.717, 1.165) is 17.0 Å². The molecule has 0 spiro atoms. The van der Waals surface area contributed by atoms with Gasteiger partial charge in [0, 0.05) is 23.0 Å². The van der Waals surface area contributed by atoms with E-state index < -0.39 is 0 Å². The summed E-state index contributed by atoms with van der Waals surface area (Å²) in [6.07, 6.45) is 0. The average Bonchev–Trinajstić information content (AvgIpc) is 2.68. The smallest absolute Gasteiger partial charge is 0.124 e. The van der Waals surface area contributed by atoms with E-state index >= 15 is 0 Å². The number of aromatic hydroxyl groups is 1. The summed E-state index contributed by atoms with van der Waals surface area (Å²) in [5, 5.41) is 9.86. The minimum absolute atomic E-state index is 0.240. The monoisotopic (exact) mass is 246 g/mol. The minimum atomic E-state index is 0.240. The molecule has 0 amide bonds. The van der Waals surface area contributed by atoms with E-state index in [1.54, 1.807) is 13.2 Å². The molecule has 96 valence electrons. The summed E-state index contributed by atoms with van der Waals surface area (Å²) >= 11 is 0. The number of phenols is 1. The summed E-state index contributed by atoms with van der Waals surface area (Å²) in [7, 11) is 1.58. The maximum atomic E-state index is 9.86. The summed E-state index contributed by atoms with van der Waals surface area (Å²) in [6, 6.07) is 9.42. The fourth-order valence-electron chi connectivity index (χ4n) is 1.90. The average molecular weight is 246 g/mol. The van der Waals surface area contributed by atoms with Crippen molar-refractivity contribution < 1.29 is 9.84 Å². The highest BCUT2D eigenvalue weighted by Crippen LogP contribution is 2.23. The van der Waals surface area contributed by atoms with Gasteiger partial charge in [0.25, 0.3) is 0 Å². The molecule has 0 aliphatic carbocycles. The fraction of sp³-hybridized carbons (Fsp3) is 0.286. The molecule has 0 saturated heterocycles. The maximum Gasteiger partial charge on any atom is 0.124 e. The molecule has 0 fully saturated rings. The molecule has 18 heavy (non-hydrogen) atoms. The SMILES string of the molecule is COc1ccc(CNn2c(C)ccc2C)c(O)c1. The van der Waals surface area contributed by atoms with Crippen molar-refractivity contribution in [3.8, 4) is 11.5 Å². The van der Waals surface area contributed by atoms with Crippen LogP contribution in [0.1, 0.15) is 17.0 Å². The molecule has 0 saturated carbocycles. The number of methoxy groups -OCH3 is 1. The molecular weight excluding hydrogens is 228 g/mol. The summed E-state index contributed by atoms with van der Waals surface area (Å²) < 4.78 is 7.06. The minimum Gasteiger partial charge on any atom is -0.507 e. The Morgan fingerprint density at radius 1 is 1.17 bits per heavy atom. The lowest BCUT2D eigenvalue weighted by atomic mass is 10.2. The first kappa shape index (κ1) is 12.4. The number of benzene rings is 1. The second-order valence-corrected chi connectivity index (χ2v) is 4.28. The molecule has 0 atom stereocenters. The standard InChI is InChI=1S/C14H18N2O2/c1-10-4-5-11(2)16(10)15-9-12-6-7-13(18-3)8-14(12)17/h4-8,15,17H,9H2,1-3H3. The first-order chi connectivity index (χ1) is 8.61. The number of hydrogen-bond acceptors (Lipinski definition) is 3. The Labute approximate surface area is 107 Å². The number of nitrogens with zero attached hydrogens (tertiary/aromatic N) is 1. The van der Waals surface area contributed by atoms with Crippen molar-refractivity contribution >= 4 is 0 Å². The highest BCUT2D eigenvalue weighted by Gasteiger charge is 2.04. The zero-order chi connectivity index (χ0) is 13.1. The van der Waals surface area contributed by atoms with E-state index in [9.17, 15) is 5.11 Å². The fourth-order valence-corrected chi connectivity index (χ4v) is 1.90. The largest absolute Gasteiger partial charge is 0.507 e. The van der Waals surface area contributed by atoms with Gasteiger partial charge in [0.15, 0.2) is 0 Å². The van der Waals surface area contributed by atoms with Crippen LogP contribution in [0, 0.1) is 13.8 Å². The molecular formula is C14H18N2O2. The van der Waals surface area contributed by atoms with E-state index in [4.69, 9.17) is 4.74 Å². The molecule has 4 heteroatoms. The Bertz CT molecular complexity index is 527. The summed E-state index contributed by atoms with van der Waals surface area (Å²) in [4.78, 5) is 0. The topological polar surface area (TPSA) is 46.4 Å². The summed E-state index contributed by atoms with van der Waals surface area (Å²) in [5.41, 5.74) is 6.39. The lowest BCUT2D eigenvalue weighted by Crippen LogP contribution is -2.16. The van der Waals surface area contributed by atoms with Gasteiger partial charge in [0.1, 0.15) is 11.5 Å². The maximum absolute atomic E-state index is 9.86. The van der Waals surface area contributed by atoms with Crippen molar-refractivity contribution in [2.75, 3.05) is 12.5 Å². The first-order valence-electron chi connectivity index (χ1n) is 5.86.